The quantitative estimate of drug-likeness (QED) is 0.523. The molecule has 0 saturated carbocycles. The van der Waals surface area contributed by atoms with Gasteiger partial charge < -0.3 is 4.90 Å². The minimum atomic E-state index is -1.43. The normalized spacial score (nSPS) is 14.5. The van der Waals surface area contributed by atoms with Gasteiger partial charge in [0, 0.05) is 23.7 Å². The van der Waals surface area contributed by atoms with Gasteiger partial charge in [-0.15, -0.1) is 0 Å². The number of benzene rings is 3. The third kappa shape index (κ3) is 4.74. The molecule has 0 aromatic heterocycles. The van der Waals surface area contributed by atoms with Crippen molar-refractivity contribution in [1.82, 2.24) is 4.90 Å². The second-order valence-electron chi connectivity index (χ2n) is 7.27. The summed E-state index contributed by atoms with van der Waals surface area (Å²) in [6.07, 6.45) is 2.10. The standard InChI is InChI=1S/C24H23ClN2O2S/c25-21-13-11-19(12-14-21)18-27(30(29)23-9-2-1-3-10-23)22-8-6-7-20(17-22)24(28)26-15-4-5-16-26/h1-3,6-14,17H,4-5,15-16,18H2. The van der Waals surface area contributed by atoms with Crippen molar-refractivity contribution in [3.63, 3.8) is 0 Å². The van der Waals surface area contributed by atoms with E-state index < -0.39 is 11.0 Å². The first-order valence-corrected chi connectivity index (χ1v) is 11.5. The molecule has 0 aliphatic carbocycles. The van der Waals surface area contributed by atoms with E-state index in [-0.39, 0.29) is 5.91 Å². The third-order valence-electron chi connectivity index (χ3n) is 5.16. The molecule has 1 aliphatic heterocycles. The fourth-order valence-electron chi connectivity index (χ4n) is 3.56. The Morgan fingerprint density at radius 1 is 0.933 bits per heavy atom. The Hall–Kier alpha value is -2.63. The van der Waals surface area contributed by atoms with Gasteiger partial charge in [0.05, 0.1) is 17.1 Å². The summed E-state index contributed by atoms with van der Waals surface area (Å²) in [5.41, 5.74) is 2.36. The molecule has 0 N–H and O–H groups in total. The van der Waals surface area contributed by atoms with Crippen molar-refractivity contribution < 1.29 is 9.00 Å². The van der Waals surface area contributed by atoms with Gasteiger partial charge in [0.1, 0.15) is 0 Å². The summed E-state index contributed by atoms with van der Waals surface area (Å²) in [7, 11) is -1.43. The van der Waals surface area contributed by atoms with Crippen LogP contribution in [0.25, 0.3) is 0 Å². The molecule has 3 aromatic rings. The molecule has 154 valence electrons. The van der Waals surface area contributed by atoms with E-state index >= 15 is 0 Å². The summed E-state index contributed by atoms with van der Waals surface area (Å²) in [5, 5.41) is 0.660. The van der Waals surface area contributed by atoms with Crippen LogP contribution in [0.3, 0.4) is 0 Å². The number of carbonyl (C=O) groups is 1. The van der Waals surface area contributed by atoms with Gasteiger partial charge in [0.25, 0.3) is 5.91 Å². The summed E-state index contributed by atoms with van der Waals surface area (Å²) >= 11 is 6.03. The minimum absolute atomic E-state index is 0.0336. The van der Waals surface area contributed by atoms with E-state index in [9.17, 15) is 9.00 Å². The Balaban J connectivity index is 1.68. The molecule has 0 radical (unpaired) electrons. The number of nitrogens with zero attached hydrogens (tertiary/aromatic N) is 2. The Morgan fingerprint density at radius 2 is 1.63 bits per heavy atom. The minimum Gasteiger partial charge on any atom is -0.339 e. The monoisotopic (exact) mass is 438 g/mol. The Kier molecular flexibility index (Phi) is 6.50. The lowest BCUT2D eigenvalue weighted by Gasteiger charge is -2.25. The van der Waals surface area contributed by atoms with Gasteiger partial charge in [0.15, 0.2) is 11.0 Å². The second kappa shape index (κ2) is 9.45. The number of carbonyl (C=O) groups excluding carboxylic acids is 1. The van der Waals surface area contributed by atoms with Crippen LogP contribution >= 0.6 is 11.6 Å². The van der Waals surface area contributed by atoms with Crippen LogP contribution in [0.4, 0.5) is 5.69 Å². The molecular weight excluding hydrogens is 416 g/mol. The predicted molar refractivity (Wildman–Crippen MR) is 122 cm³/mol. The zero-order valence-corrected chi connectivity index (χ0v) is 18.1. The van der Waals surface area contributed by atoms with Gasteiger partial charge in [-0.3, -0.25) is 9.10 Å². The van der Waals surface area contributed by atoms with E-state index in [4.69, 9.17) is 11.6 Å². The smallest absolute Gasteiger partial charge is 0.253 e. The lowest BCUT2D eigenvalue weighted by atomic mass is 10.1. The number of anilines is 1. The van der Waals surface area contributed by atoms with Crippen LogP contribution in [0.1, 0.15) is 28.8 Å². The Labute approximate surface area is 184 Å². The van der Waals surface area contributed by atoms with Crippen LogP contribution in [0.15, 0.2) is 83.8 Å². The summed E-state index contributed by atoms with van der Waals surface area (Å²) in [4.78, 5) is 15.5. The maximum absolute atomic E-state index is 13.5. The number of hydrogen-bond acceptors (Lipinski definition) is 2. The average Bonchev–Trinajstić information content (AvgIpc) is 3.33. The molecule has 1 saturated heterocycles. The zero-order valence-electron chi connectivity index (χ0n) is 16.5. The van der Waals surface area contributed by atoms with E-state index in [1.54, 1.807) is 0 Å². The number of halogens is 1. The van der Waals surface area contributed by atoms with Crippen molar-refractivity contribution in [2.75, 3.05) is 17.4 Å². The predicted octanol–water partition coefficient (Wildman–Crippen LogP) is 5.31. The fraction of sp³-hybridized carbons (Fsp3) is 0.208. The fourth-order valence-corrected chi connectivity index (χ4v) is 4.90. The number of hydrogen-bond donors (Lipinski definition) is 0. The summed E-state index contributed by atoms with van der Waals surface area (Å²) < 4.78 is 15.3. The van der Waals surface area contributed by atoms with Gasteiger partial charge >= 0.3 is 0 Å². The van der Waals surface area contributed by atoms with Gasteiger partial charge in [-0.1, -0.05) is 48.0 Å². The van der Waals surface area contributed by atoms with Crippen molar-refractivity contribution in [2.45, 2.75) is 24.3 Å². The van der Waals surface area contributed by atoms with E-state index in [0.717, 1.165) is 37.2 Å². The molecule has 1 fully saturated rings. The van der Waals surface area contributed by atoms with Gasteiger partial charge in [-0.05, 0) is 60.9 Å². The molecule has 6 heteroatoms. The molecule has 1 atom stereocenters. The summed E-state index contributed by atoms with van der Waals surface area (Å²) in [6.45, 7) is 2.03. The molecule has 0 spiro atoms. The average molecular weight is 439 g/mol. The van der Waals surface area contributed by atoms with Crippen LogP contribution in [0.2, 0.25) is 5.02 Å². The molecule has 4 nitrogen and oxygen atoms in total. The molecular formula is C24H23ClN2O2S. The molecule has 1 unspecified atom stereocenters. The number of likely N-dealkylation sites (tertiary alicyclic amines) is 1. The molecule has 30 heavy (non-hydrogen) atoms. The van der Waals surface area contributed by atoms with Crippen molar-refractivity contribution in [3.8, 4) is 0 Å². The summed E-state index contributed by atoms with van der Waals surface area (Å²) in [5.74, 6) is 0.0336. The number of rotatable bonds is 6. The largest absolute Gasteiger partial charge is 0.339 e. The second-order valence-corrected chi connectivity index (χ2v) is 9.12. The van der Waals surface area contributed by atoms with E-state index in [2.05, 4.69) is 0 Å². The molecule has 4 rings (SSSR count). The highest BCUT2D eigenvalue weighted by molar-refractivity contribution is 7.86. The first-order valence-electron chi connectivity index (χ1n) is 10.00. The summed E-state index contributed by atoms with van der Waals surface area (Å²) in [6, 6.07) is 24.3. The maximum atomic E-state index is 13.5. The topological polar surface area (TPSA) is 40.6 Å². The van der Waals surface area contributed by atoms with Crippen molar-refractivity contribution in [3.05, 3.63) is 95.0 Å². The van der Waals surface area contributed by atoms with E-state index in [1.165, 1.54) is 0 Å². The Bertz CT molecular complexity index is 1030. The lowest BCUT2D eigenvalue weighted by Crippen LogP contribution is -2.29. The van der Waals surface area contributed by atoms with Crippen LogP contribution in [-0.2, 0) is 17.5 Å². The lowest BCUT2D eigenvalue weighted by molar-refractivity contribution is 0.0793. The van der Waals surface area contributed by atoms with Crippen LogP contribution < -0.4 is 4.31 Å². The van der Waals surface area contributed by atoms with Gasteiger partial charge in [-0.2, -0.15) is 0 Å². The van der Waals surface area contributed by atoms with E-state index in [1.807, 2.05) is 88.1 Å². The number of amides is 1. The van der Waals surface area contributed by atoms with Crippen molar-refractivity contribution in [2.24, 2.45) is 0 Å². The first-order chi connectivity index (χ1) is 14.6. The first kappa shape index (κ1) is 20.6. The third-order valence-corrected chi connectivity index (χ3v) is 6.83. The highest BCUT2D eigenvalue weighted by Crippen LogP contribution is 2.26. The van der Waals surface area contributed by atoms with Crippen LogP contribution in [0, 0.1) is 0 Å². The maximum Gasteiger partial charge on any atom is 0.253 e. The van der Waals surface area contributed by atoms with Gasteiger partial charge in [-0.25, -0.2) is 4.21 Å². The SMILES string of the molecule is O=C(c1cccc(N(Cc2ccc(Cl)cc2)S(=O)c2ccccc2)c1)N1CCCC1. The van der Waals surface area contributed by atoms with Crippen LogP contribution in [0.5, 0.6) is 0 Å². The molecule has 3 aromatic carbocycles. The van der Waals surface area contributed by atoms with E-state index in [0.29, 0.717) is 22.0 Å². The van der Waals surface area contributed by atoms with Crippen molar-refractivity contribution >= 4 is 34.2 Å². The molecule has 1 heterocycles. The highest BCUT2D eigenvalue weighted by Gasteiger charge is 2.22. The molecule has 1 amide bonds. The van der Waals surface area contributed by atoms with Crippen LogP contribution in [-0.4, -0.2) is 28.1 Å². The molecule has 0 bridgehead atoms. The highest BCUT2D eigenvalue weighted by atomic mass is 35.5. The zero-order chi connectivity index (χ0) is 20.9. The Morgan fingerprint density at radius 3 is 2.33 bits per heavy atom. The van der Waals surface area contributed by atoms with Gasteiger partial charge in [0.2, 0.25) is 0 Å². The van der Waals surface area contributed by atoms with Crippen molar-refractivity contribution in [1.29, 1.82) is 0 Å². The molecule has 1 aliphatic rings.